The largest absolute Gasteiger partial charge is 0.477 e. The van der Waals surface area contributed by atoms with Crippen molar-refractivity contribution in [2.45, 2.75) is 39.7 Å². The lowest BCUT2D eigenvalue weighted by molar-refractivity contribution is 0.261. The van der Waals surface area contributed by atoms with Crippen molar-refractivity contribution in [3.8, 4) is 5.88 Å². The van der Waals surface area contributed by atoms with Crippen LogP contribution < -0.4 is 10.5 Å². The van der Waals surface area contributed by atoms with Gasteiger partial charge in [-0.15, -0.1) is 0 Å². The van der Waals surface area contributed by atoms with Gasteiger partial charge in [0.2, 0.25) is 5.88 Å². The summed E-state index contributed by atoms with van der Waals surface area (Å²) >= 11 is 0. The van der Waals surface area contributed by atoms with E-state index in [0.29, 0.717) is 19.0 Å². The number of ether oxygens (including phenoxy) is 1. The zero-order chi connectivity index (χ0) is 12.7. The number of hydrogen-bond acceptors (Lipinski definition) is 4. The molecule has 1 aromatic rings. The molecule has 1 rings (SSSR count). The second-order valence-electron chi connectivity index (χ2n) is 4.20. The Morgan fingerprint density at radius 2 is 2.06 bits per heavy atom. The summed E-state index contributed by atoms with van der Waals surface area (Å²) in [6.07, 6.45) is 2.73. The summed E-state index contributed by atoms with van der Waals surface area (Å²) in [7, 11) is 0. The molecule has 0 saturated carbocycles. The lowest BCUT2D eigenvalue weighted by atomic mass is 10.1. The summed E-state index contributed by atoms with van der Waals surface area (Å²) in [6.45, 7) is 5.30. The number of aryl methyl sites for hydroxylation is 2. The van der Waals surface area contributed by atoms with Crippen molar-refractivity contribution in [2.75, 3.05) is 13.2 Å². The SMILES string of the molecule is Cc1cc(C)c(CN)c(OCCCCCO)n1. The molecule has 0 atom stereocenters. The monoisotopic (exact) mass is 238 g/mol. The Bertz CT molecular complexity index is 354. The van der Waals surface area contributed by atoms with Crippen LogP contribution in [0.3, 0.4) is 0 Å². The second kappa shape index (κ2) is 7.25. The van der Waals surface area contributed by atoms with E-state index in [9.17, 15) is 0 Å². The minimum absolute atomic E-state index is 0.246. The summed E-state index contributed by atoms with van der Waals surface area (Å²) in [6, 6.07) is 2.01. The maximum Gasteiger partial charge on any atom is 0.218 e. The number of rotatable bonds is 7. The first-order chi connectivity index (χ1) is 8.19. The molecule has 1 heterocycles. The number of unbranched alkanes of at least 4 members (excludes halogenated alkanes) is 2. The molecule has 0 amide bonds. The third-order valence-electron chi connectivity index (χ3n) is 2.68. The molecular weight excluding hydrogens is 216 g/mol. The van der Waals surface area contributed by atoms with E-state index >= 15 is 0 Å². The van der Waals surface area contributed by atoms with Crippen molar-refractivity contribution in [1.29, 1.82) is 0 Å². The van der Waals surface area contributed by atoms with Crippen LogP contribution in [0.25, 0.3) is 0 Å². The highest BCUT2D eigenvalue weighted by Crippen LogP contribution is 2.20. The van der Waals surface area contributed by atoms with E-state index in [2.05, 4.69) is 4.98 Å². The highest BCUT2D eigenvalue weighted by Gasteiger charge is 2.08. The van der Waals surface area contributed by atoms with Crippen LogP contribution in [0.5, 0.6) is 5.88 Å². The lowest BCUT2D eigenvalue weighted by Gasteiger charge is -2.12. The summed E-state index contributed by atoms with van der Waals surface area (Å²) in [5.74, 6) is 0.661. The minimum atomic E-state index is 0.246. The Labute approximate surface area is 103 Å². The minimum Gasteiger partial charge on any atom is -0.477 e. The van der Waals surface area contributed by atoms with Crippen LogP contribution in [0, 0.1) is 13.8 Å². The van der Waals surface area contributed by atoms with E-state index in [-0.39, 0.29) is 6.61 Å². The molecule has 0 aliphatic rings. The average molecular weight is 238 g/mol. The Morgan fingerprint density at radius 3 is 2.71 bits per heavy atom. The van der Waals surface area contributed by atoms with E-state index in [4.69, 9.17) is 15.6 Å². The topological polar surface area (TPSA) is 68.4 Å². The molecule has 4 heteroatoms. The molecule has 0 bridgehead atoms. The van der Waals surface area contributed by atoms with Crippen molar-refractivity contribution in [3.63, 3.8) is 0 Å². The van der Waals surface area contributed by atoms with Gasteiger partial charge in [-0.3, -0.25) is 0 Å². The first-order valence-corrected chi connectivity index (χ1v) is 6.10. The number of hydrogen-bond donors (Lipinski definition) is 2. The van der Waals surface area contributed by atoms with Gasteiger partial charge < -0.3 is 15.6 Å². The van der Waals surface area contributed by atoms with Crippen LogP contribution >= 0.6 is 0 Å². The average Bonchev–Trinajstić information content (AvgIpc) is 2.28. The maximum absolute atomic E-state index is 8.67. The molecule has 4 nitrogen and oxygen atoms in total. The van der Waals surface area contributed by atoms with Crippen molar-refractivity contribution in [3.05, 3.63) is 22.9 Å². The summed E-state index contributed by atoms with van der Waals surface area (Å²) in [5.41, 5.74) is 8.76. The molecule has 0 aliphatic carbocycles. The molecule has 17 heavy (non-hydrogen) atoms. The molecule has 3 N–H and O–H groups in total. The maximum atomic E-state index is 8.67. The Kier molecular flexibility index (Phi) is 5.94. The molecule has 0 saturated heterocycles. The van der Waals surface area contributed by atoms with Crippen LogP contribution in [-0.4, -0.2) is 23.3 Å². The van der Waals surface area contributed by atoms with Gasteiger partial charge >= 0.3 is 0 Å². The summed E-state index contributed by atoms with van der Waals surface area (Å²) in [5, 5.41) is 8.67. The molecule has 0 radical (unpaired) electrons. The Hall–Kier alpha value is -1.13. The van der Waals surface area contributed by atoms with Gasteiger partial charge in [-0.1, -0.05) is 0 Å². The normalized spacial score (nSPS) is 10.6. The van der Waals surface area contributed by atoms with Crippen molar-refractivity contribution in [2.24, 2.45) is 5.73 Å². The summed E-state index contributed by atoms with van der Waals surface area (Å²) in [4.78, 5) is 4.37. The van der Waals surface area contributed by atoms with Gasteiger partial charge in [-0.2, -0.15) is 0 Å². The Morgan fingerprint density at radius 1 is 1.29 bits per heavy atom. The fraction of sp³-hybridized carbons (Fsp3) is 0.615. The van der Waals surface area contributed by atoms with Crippen LogP contribution in [0.1, 0.15) is 36.1 Å². The van der Waals surface area contributed by atoms with Gasteiger partial charge in [0, 0.05) is 24.4 Å². The molecule has 0 aliphatic heterocycles. The van der Waals surface area contributed by atoms with Crippen molar-refractivity contribution >= 4 is 0 Å². The van der Waals surface area contributed by atoms with Gasteiger partial charge in [0.15, 0.2) is 0 Å². The molecular formula is C13H22N2O2. The smallest absolute Gasteiger partial charge is 0.218 e. The zero-order valence-corrected chi connectivity index (χ0v) is 10.7. The number of pyridine rings is 1. The molecule has 0 unspecified atom stereocenters. The summed E-state index contributed by atoms with van der Waals surface area (Å²) < 4.78 is 5.66. The predicted octanol–water partition coefficient (Wildman–Crippen LogP) is 1.70. The third kappa shape index (κ3) is 4.32. The molecule has 1 aromatic heterocycles. The predicted molar refractivity (Wildman–Crippen MR) is 68.0 cm³/mol. The number of aliphatic hydroxyl groups is 1. The van der Waals surface area contributed by atoms with Crippen LogP contribution in [0.2, 0.25) is 0 Å². The highest BCUT2D eigenvalue weighted by molar-refractivity contribution is 5.35. The highest BCUT2D eigenvalue weighted by atomic mass is 16.5. The number of nitrogens with two attached hydrogens (primary N) is 1. The molecule has 0 aromatic carbocycles. The second-order valence-corrected chi connectivity index (χ2v) is 4.20. The van der Waals surface area contributed by atoms with Gasteiger partial charge in [0.1, 0.15) is 0 Å². The van der Waals surface area contributed by atoms with Gasteiger partial charge in [0.05, 0.1) is 6.61 Å². The van der Waals surface area contributed by atoms with Gasteiger partial charge in [-0.05, 0) is 44.7 Å². The van der Waals surface area contributed by atoms with E-state index in [1.807, 2.05) is 19.9 Å². The molecule has 0 fully saturated rings. The van der Waals surface area contributed by atoms with Crippen molar-refractivity contribution in [1.82, 2.24) is 4.98 Å². The quantitative estimate of drug-likeness (QED) is 0.709. The first kappa shape index (κ1) is 13.9. The standard InChI is InChI=1S/C13H22N2O2/c1-10-8-11(2)15-13(12(10)9-14)17-7-5-3-4-6-16/h8,16H,3-7,9,14H2,1-2H3. The molecule has 0 spiro atoms. The van der Waals surface area contributed by atoms with E-state index < -0.39 is 0 Å². The van der Waals surface area contributed by atoms with E-state index in [0.717, 1.165) is 36.1 Å². The van der Waals surface area contributed by atoms with E-state index in [1.54, 1.807) is 0 Å². The van der Waals surface area contributed by atoms with Gasteiger partial charge in [0.25, 0.3) is 0 Å². The Balaban J connectivity index is 2.57. The van der Waals surface area contributed by atoms with Crippen LogP contribution in [0.15, 0.2) is 6.07 Å². The fourth-order valence-corrected chi connectivity index (χ4v) is 1.76. The molecule has 96 valence electrons. The van der Waals surface area contributed by atoms with Crippen LogP contribution in [0.4, 0.5) is 0 Å². The number of aliphatic hydroxyl groups excluding tert-OH is 1. The lowest BCUT2D eigenvalue weighted by Crippen LogP contribution is -2.08. The fourth-order valence-electron chi connectivity index (χ4n) is 1.76. The van der Waals surface area contributed by atoms with Gasteiger partial charge in [-0.25, -0.2) is 4.98 Å². The third-order valence-corrected chi connectivity index (χ3v) is 2.68. The number of nitrogens with zero attached hydrogens (tertiary/aromatic N) is 1. The van der Waals surface area contributed by atoms with Crippen LogP contribution in [-0.2, 0) is 6.54 Å². The number of aromatic nitrogens is 1. The van der Waals surface area contributed by atoms with Crippen molar-refractivity contribution < 1.29 is 9.84 Å². The first-order valence-electron chi connectivity index (χ1n) is 6.10. The van der Waals surface area contributed by atoms with E-state index in [1.165, 1.54) is 0 Å². The zero-order valence-electron chi connectivity index (χ0n) is 10.7.